The number of carbonyl (C=O) groups is 2. The molecule has 0 radical (unpaired) electrons. The zero-order valence-electron chi connectivity index (χ0n) is 20.5. The van der Waals surface area contributed by atoms with E-state index in [0.717, 1.165) is 32.4 Å². The lowest BCUT2D eigenvalue weighted by molar-refractivity contribution is -0.274. The van der Waals surface area contributed by atoms with Crippen LogP contribution in [0, 0.1) is 5.41 Å². The molecule has 1 N–H and O–H groups in total. The lowest BCUT2D eigenvalue weighted by Crippen LogP contribution is -2.48. The standard InChI is InChI=1S/C25H34F3N3O5/c1-35-23(34)20(3-2-12-29-14-11-24(9-10-24)21(32)17-29)31-16-15-30(13-8-22(31)33)18-4-6-19(7-5-18)36-25(26,27)28/h4-7,20-21,32H,2-3,8-17H2,1H3/t20?,21-/m1/s1. The van der Waals surface area contributed by atoms with Crippen molar-refractivity contribution in [2.24, 2.45) is 5.41 Å². The van der Waals surface area contributed by atoms with Gasteiger partial charge in [-0.1, -0.05) is 0 Å². The number of piperidine rings is 1. The van der Waals surface area contributed by atoms with Crippen LogP contribution in [0.15, 0.2) is 24.3 Å². The predicted molar refractivity (Wildman–Crippen MR) is 125 cm³/mol. The number of carbonyl (C=O) groups excluding carboxylic acids is 2. The Morgan fingerprint density at radius 1 is 1.14 bits per heavy atom. The molecular weight excluding hydrogens is 479 g/mol. The molecule has 200 valence electrons. The summed E-state index contributed by atoms with van der Waals surface area (Å²) in [6.07, 6.45) is -0.527. The second-order valence-corrected chi connectivity index (χ2v) is 9.98. The molecule has 4 rings (SSSR count). The Kier molecular flexibility index (Phi) is 7.99. The van der Waals surface area contributed by atoms with Crippen LogP contribution in [0.3, 0.4) is 0 Å². The molecule has 0 aromatic heterocycles. The summed E-state index contributed by atoms with van der Waals surface area (Å²) in [7, 11) is 1.31. The first-order valence-electron chi connectivity index (χ1n) is 12.5. The monoisotopic (exact) mass is 513 g/mol. The number of alkyl halides is 3. The Labute approximate surface area is 208 Å². The van der Waals surface area contributed by atoms with E-state index in [4.69, 9.17) is 4.74 Å². The summed E-state index contributed by atoms with van der Waals surface area (Å²) >= 11 is 0. The van der Waals surface area contributed by atoms with E-state index in [1.54, 1.807) is 4.90 Å². The van der Waals surface area contributed by atoms with Gasteiger partial charge in [0, 0.05) is 38.3 Å². The average molecular weight is 514 g/mol. The zero-order chi connectivity index (χ0) is 25.9. The van der Waals surface area contributed by atoms with Gasteiger partial charge in [-0.15, -0.1) is 13.2 Å². The van der Waals surface area contributed by atoms with Gasteiger partial charge in [0.1, 0.15) is 11.8 Å². The van der Waals surface area contributed by atoms with Crippen LogP contribution >= 0.6 is 0 Å². The number of amides is 1. The maximum Gasteiger partial charge on any atom is 0.573 e. The van der Waals surface area contributed by atoms with Crippen LogP contribution in [-0.4, -0.2) is 91.7 Å². The molecule has 1 spiro atoms. The van der Waals surface area contributed by atoms with Crippen molar-refractivity contribution >= 4 is 17.6 Å². The van der Waals surface area contributed by atoms with Crippen LogP contribution in [0.4, 0.5) is 18.9 Å². The van der Waals surface area contributed by atoms with Gasteiger partial charge in [-0.3, -0.25) is 4.79 Å². The minimum absolute atomic E-state index is 0.140. The van der Waals surface area contributed by atoms with E-state index in [9.17, 15) is 27.9 Å². The van der Waals surface area contributed by atoms with E-state index in [1.807, 2.05) is 4.90 Å². The Bertz CT molecular complexity index is 923. The van der Waals surface area contributed by atoms with E-state index in [2.05, 4.69) is 9.64 Å². The van der Waals surface area contributed by atoms with Crippen LogP contribution in [0.5, 0.6) is 5.75 Å². The van der Waals surface area contributed by atoms with Crippen molar-refractivity contribution in [3.05, 3.63) is 24.3 Å². The quantitative estimate of drug-likeness (QED) is 0.536. The third kappa shape index (κ3) is 6.42. The Morgan fingerprint density at radius 2 is 1.86 bits per heavy atom. The first kappa shape index (κ1) is 26.5. The highest BCUT2D eigenvalue weighted by molar-refractivity contribution is 5.85. The van der Waals surface area contributed by atoms with Crippen molar-refractivity contribution in [1.82, 2.24) is 9.80 Å². The maximum atomic E-state index is 13.0. The topological polar surface area (TPSA) is 82.6 Å². The molecule has 2 atom stereocenters. The second-order valence-electron chi connectivity index (χ2n) is 9.98. The largest absolute Gasteiger partial charge is 0.573 e. The van der Waals surface area contributed by atoms with Crippen molar-refractivity contribution in [2.45, 2.75) is 57.0 Å². The number of β-amino-alcohol motifs (C(OH)–C–C–N with tert-alkyl or cyclic N) is 1. The van der Waals surface area contributed by atoms with Gasteiger partial charge in [-0.2, -0.15) is 0 Å². The van der Waals surface area contributed by atoms with Gasteiger partial charge in [0.05, 0.1) is 13.2 Å². The number of hydrogen-bond acceptors (Lipinski definition) is 7. The van der Waals surface area contributed by atoms with Gasteiger partial charge >= 0.3 is 12.3 Å². The molecule has 2 aliphatic heterocycles. The number of anilines is 1. The number of halogens is 3. The number of methoxy groups -OCH3 is 1. The highest BCUT2D eigenvalue weighted by Crippen LogP contribution is 2.53. The predicted octanol–water partition coefficient (Wildman–Crippen LogP) is 2.79. The van der Waals surface area contributed by atoms with Crippen molar-refractivity contribution in [3.63, 3.8) is 0 Å². The fourth-order valence-electron chi connectivity index (χ4n) is 5.35. The van der Waals surface area contributed by atoms with Crippen LogP contribution in [0.25, 0.3) is 0 Å². The van der Waals surface area contributed by atoms with Gasteiger partial charge in [0.25, 0.3) is 0 Å². The summed E-state index contributed by atoms with van der Waals surface area (Å²) < 4.78 is 46.2. The number of aliphatic hydroxyl groups is 1. The number of ether oxygens (including phenoxy) is 2. The van der Waals surface area contributed by atoms with Crippen LogP contribution in [0.1, 0.15) is 38.5 Å². The molecule has 1 saturated carbocycles. The molecule has 8 nitrogen and oxygen atoms in total. The molecule has 36 heavy (non-hydrogen) atoms. The summed E-state index contributed by atoms with van der Waals surface area (Å²) in [4.78, 5) is 31.3. The summed E-state index contributed by atoms with van der Waals surface area (Å²) in [5.41, 5.74) is 0.812. The lowest BCUT2D eigenvalue weighted by Gasteiger charge is -2.36. The molecule has 0 bridgehead atoms. The zero-order valence-corrected chi connectivity index (χ0v) is 20.5. The molecule has 1 aromatic rings. The van der Waals surface area contributed by atoms with E-state index in [1.165, 1.54) is 31.4 Å². The van der Waals surface area contributed by atoms with Crippen LogP contribution < -0.4 is 9.64 Å². The minimum atomic E-state index is -4.76. The molecule has 1 aliphatic carbocycles. The van der Waals surface area contributed by atoms with E-state index in [-0.39, 0.29) is 29.6 Å². The van der Waals surface area contributed by atoms with Gasteiger partial charge in [0.2, 0.25) is 5.91 Å². The van der Waals surface area contributed by atoms with Crippen LogP contribution in [0.2, 0.25) is 0 Å². The maximum absolute atomic E-state index is 13.0. The van der Waals surface area contributed by atoms with Crippen molar-refractivity contribution in [2.75, 3.05) is 51.3 Å². The van der Waals surface area contributed by atoms with Crippen molar-refractivity contribution in [1.29, 1.82) is 0 Å². The normalized spacial score (nSPS) is 23.4. The highest BCUT2D eigenvalue weighted by atomic mass is 19.4. The van der Waals surface area contributed by atoms with Crippen molar-refractivity contribution < 1.29 is 37.3 Å². The molecule has 1 unspecified atom stereocenters. The second kappa shape index (κ2) is 10.8. The number of aliphatic hydroxyl groups excluding tert-OH is 1. The summed E-state index contributed by atoms with van der Waals surface area (Å²) in [5.74, 6) is -0.923. The van der Waals surface area contributed by atoms with E-state index < -0.39 is 18.4 Å². The number of nitrogens with zero attached hydrogens (tertiary/aromatic N) is 3. The van der Waals surface area contributed by atoms with Gasteiger partial charge in [0.15, 0.2) is 0 Å². The molecule has 2 heterocycles. The average Bonchev–Trinajstić information content (AvgIpc) is 3.64. The summed E-state index contributed by atoms with van der Waals surface area (Å²) in [6, 6.07) is 4.84. The molecule has 3 fully saturated rings. The van der Waals surface area contributed by atoms with Gasteiger partial charge < -0.3 is 29.3 Å². The number of esters is 1. The number of rotatable bonds is 8. The van der Waals surface area contributed by atoms with Gasteiger partial charge in [-0.05, 0) is 74.9 Å². The van der Waals surface area contributed by atoms with Gasteiger partial charge in [-0.25, -0.2) is 4.79 Å². The number of benzene rings is 1. The molecule has 11 heteroatoms. The first-order valence-corrected chi connectivity index (χ1v) is 12.5. The molecule has 1 amide bonds. The smallest absolute Gasteiger partial charge is 0.467 e. The number of likely N-dealkylation sites (tertiary alicyclic amines) is 1. The Balaban J connectivity index is 1.33. The molecule has 2 saturated heterocycles. The van der Waals surface area contributed by atoms with Crippen molar-refractivity contribution in [3.8, 4) is 5.75 Å². The molecule has 1 aromatic carbocycles. The highest BCUT2D eigenvalue weighted by Gasteiger charge is 2.51. The molecular formula is C25H34F3N3O5. The third-order valence-corrected chi connectivity index (χ3v) is 7.72. The minimum Gasteiger partial charge on any atom is -0.467 e. The SMILES string of the molecule is COC(=O)C(CCCN1CCC2(CC2)[C@H](O)C1)N1CCN(c2ccc(OC(F)(F)F)cc2)CCC1=O. The fourth-order valence-corrected chi connectivity index (χ4v) is 5.35. The number of hydrogen-bond donors (Lipinski definition) is 1. The first-order chi connectivity index (χ1) is 17.1. The van der Waals surface area contributed by atoms with E-state index >= 15 is 0 Å². The van der Waals surface area contributed by atoms with Crippen LogP contribution in [-0.2, 0) is 14.3 Å². The third-order valence-electron chi connectivity index (χ3n) is 7.72. The lowest BCUT2D eigenvalue weighted by atomic mass is 9.90. The summed E-state index contributed by atoms with van der Waals surface area (Å²) in [6.45, 7) is 3.43. The molecule has 3 aliphatic rings. The van der Waals surface area contributed by atoms with E-state index in [0.29, 0.717) is 44.7 Å². The summed E-state index contributed by atoms with van der Waals surface area (Å²) in [5, 5.41) is 10.4. The fraction of sp³-hybridized carbons (Fsp3) is 0.680. The Morgan fingerprint density at radius 3 is 2.47 bits per heavy atom. The Hall–Kier alpha value is -2.53.